The largest absolute Gasteiger partial charge is 0.467 e. The van der Waals surface area contributed by atoms with Gasteiger partial charge in [0.15, 0.2) is 5.13 Å². The predicted molar refractivity (Wildman–Crippen MR) is 63.3 cm³/mol. The summed E-state index contributed by atoms with van der Waals surface area (Å²) in [7, 11) is 2.62. The quantitative estimate of drug-likeness (QED) is 0.818. The molecule has 0 saturated carbocycles. The molecule has 7 heteroatoms. The van der Waals surface area contributed by atoms with Crippen LogP contribution in [-0.4, -0.2) is 37.2 Å². The van der Waals surface area contributed by atoms with E-state index in [9.17, 15) is 9.59 Å². The number of rotatable bonds is 4. The number of ether oxygens (including phenoxy) is 2. The second kappa shape index (κ2) is 5.62. The summed E-state index contributed by atoms with van der Waals surface area (Å²) < 4.78 is 9.19. The molecule has 0 amide bonds. The van der Waals surface area contributed by atoms with Crippen molar-refractivity contribution >= 4 is 28.4 Å². The van der Waals surface area contributed by atoms with Gasteiger partial charge in [-0.3, -0.25) is 0 Å². The van der Waals surface area contributed by atoms with Crippen LogP contribution in [0.3, 0.4) is 0 Å². The third kappa shape index (κ3) is 3.16. The minimum absolute atomic E-state index is 0.391. The van der Waals surface area contributed by atoms with Crippen LogP contribution in [0.15, 0.2) is 0 Å². The first kappa shape index (κ1) is 13.4. The molecule has 0 fully saturated rings. The van der Waals surface area contributed by atoms with E-state index >= 15 is 0 Å². The molecule has 0 aliphatic carbocycles. The smallest absolute Gasteiger partial charge is 0.350 e. The summed E-state index contributed by atoms with van der Waals surface area (Å²) in [5.74, 6) is -0.823. The molecule has 0 aliphatic rings. The van der Waals surface area contributed by atoms with Gasteiger partial charge >= 0.3 is 11.9 Å². The van der Waals surface area contributed by atoms with Gasteiger partial charge in [0.05, 0.1) is 19.9 Å². The van der Waals surface area contributed by atoms with Gasteiger partial charge in [-0.2, -0.15) is 0 Å². The van der Waals surface area contributed by atoms with Gasteiger partial charge in [-0.15, -0.1) is 0 Å². The molecule has 1 atom stereocenters. The maximum Gasteiger partial charge on any atom is 0.350 e. The number of anilines is 1. The fraction of sp³-hybridized carbons (Fsp3) is 0.500. The Bertz CT molecular complexity index is 430. The summed E-state index contributed by atoms with van der Waals surface area (Å²) in [6.07, 6.45) is 0. The highest BCUT2D eigenvalue weighted by molar-refractivity contribution is 7.17. The molecule has 0 spiro atoms. The maximum atomic E-state index is 11.4. The van der Waals surface area contributed by atoms with Crippen LogP contribution in [0.2, 0.25) is 0 Å². The molecule has 6 nitrogen and oxygen atoms in total. The summed E-state index contributed by atoms with van der Waals surface area (Å²) in [6.45, 7) is 3.36. The number of aromatic nitrogens is 1. The minimum atomic E-state index is -0.518. The molecular weight excluding hydrogens is 244 g/mol. The average molecular weight is 258 g/mol. The second-order valence-electron chi connectivity index (χ2n) is 3.31. The normalized spacial score (nSPS) is 11.8. The molecule has 0 bridgehead atoms. The van der Waals surface area contributed by atoms with E-state index in [2.05, 4.69) is 19.8 Å². The average Bonchev–Trinajstić information content (AvgIpc) is 2.67. The molecule has 0 aromatic carbocycles. The number of carbonyl (C=O) groups excluding carboxylic acids is 2. The second-order valence-corrected chi connectivity index (χ2v) is 4.31. The molecule has 1 rings (SSSR count). The third-order valence-electron chi connectivity index (χ3n) is 2.06. The number of hydrogen-bond donors (Lipinski definition) is 1. The van der Waals surface area contributed by atoms with Gasteiger partial charge in [0.1, 0.15) is 10.9 Å². The van der Waals surface area contributed by atoms with Gasteiger partial charge in [0.25, 0.3) is 0 Å². The molecule has 1 aromatic rings. The first-order valence-corrected chi connectivity index (χ1v) is 5.71. The van der Waals surface area contributed by atoms with Crippen molar-refractivity contribution < 1.29 is 19.1 Å². The number of hydrogen-bond acceptors (Lipinski definition) is 7. The van der Waals surface area contributed by atoms with Crippen LogP contribution in [0.5, 0.6) is 0 Å². The lowest BCUT2D eigenvalue weighted by Crippen LogP contribution is -2.27. The van der Waals surface area contributed by atoms with Crippen LogP contribution in [0.25, 0.3) is 0 Å². The molecule has 1 heterocycles. The molecule has 0 radical (unpaired) electrons. The monoisotopic (exact) mass is 258 g/mol. The number of thiazole rings is 1. The van der Waals surface area contributed by atoms with Gasteiger partial charge in [-0.1, -0.05) is 11.3 Å². The maximum absolute atomic E-state index is 11.4. The van der Waals surface area contributed by atoms with Crippen LogP contribution in [0.1, 0.15) is 22.3 Å². The van der Waals surface area contributed by atoms with Crippen molar-refractivity contribution in [2.75, 3.05) is 19.5 Å². The SMILES string of the molecule is COC(=O)c1sc(NC(C)C(=O)OC)nc1C. The minimum Gasteiger partial charge on any atom is -0.467 e. The zero-order chi connectivity index (χ0) is 13.0. The Labute approximate surface area is 103 Å². The van der Waals surface area contributed by atoms with E-state index in [0.29, 0.717) is 15.7 Å². The van der Waals surface area contributed by atoms with Crippen LogP contribution in [0.4, 0.5) is 5.13 Å². The van der Waals surface area contributed by atoms with Crippen molar-refractivity contribution in [3.05, 3.63) is 10.6 Å². The van der Waals surface area contributed by atoms with Gasteiger partial charge in [-0.05, 0) is 13.8 Å². The number of aryl methyl sites for hydroxylation is 1. The lowest BCUT2D eigenvalue weighted by molar-refractivity contribution is -0.141. The van der Waals surface area contributed by atoms with E-state index in [4.69, 9.17) is 0 Å². The molecule has 1 unspecified atom stereocenters. The van der Waals surface area contributed by atoms with Crippen molar-refractivity contribution in [2.24, 2.45) is 0 Å². The Morgan fingerprint density at radius 1 is 1.35 bits per heavy atom. The third-order valence-corrected chi connectivity index (χ3v) is 3.13. The Morgan fingerprint density at radius 3 is 2.53 bits per heavy atom. The zero-order valence-electron chi connectivity index (χ0n) is 10.1. The fourth-order valence-electron chi connectivity index (χ4n) is 1.16. The molecule has 1 N–H and O–H groups in total. The van der Waals surface area contributed by atoms with E-state index in [1.165, 1.54) is 14.2 Å². The van der Waals surface area contributed by atoms with Crippen molar-refractivity contribution in [3.8, 4) is 0 Å². The summed E-state index contributed by atoms with van der Waals surface area (Å²) in [5.41, 5.74) is 0.571. The summed E-state index contributed by atoms with van der Waals surface area (Å²) in [4.78, 5) is 27.1. The number of carbonyl (C=O) groups is 2. The number of nitrogens with zero attached hydrogens (tertiary/aromatic N) is 1. The highest BCUT2D eigenvalue weighted by Crippen LogP contribution is 2.23. The molecule has 94 valence electrons. The van der Waals surface area contributed by atoms with Gasteiger partial charge in [-0.25, -0.2) is 14.6 Å². The fourth-order valence-corrected chi connectivity index (χ4v) is 2.13. The van der Waals surface area contributed by atoms with Crippen molar-refractivity contribution in [3.63, 3.8) is 0 Å². The van der Waals surface area contributed by atoms with Crippen molar-refractivity contribution in [1.82, 2.24) is 4.98 Å². The van der Waals surface area contributed by atoms with Crippen LogP contribution >= 0.6 is 11.3 Å². The summed E-state index contributed by atoms with van der Waals surface area (Å²) in [6, 6.07) is -0.518. The summed E-state index contributed by atoms with van der Waals surface area (Å²) >= 11 is 1.14. The van der Waals surface area contributed by atoms with E-state index < -0.39 is 18.0 Å². The number of nitrogens with one attached hydrogen (secondary N) is 1. The van der Waals surface area contributed by atoms with Gasteiger partial charge in [0, 0.05) is 0 Å². The Balaban J connectivity index is 2.80. The van der Waals surface area contributed by atoms with E-state index in [0.717, 1.165) is 11.3 Å². The lowest BCUT2D eigenvalue weighted by Gasteiger charge is -2.09. The Morgan fingerprint density at radius 2 is 2.00 bits per heavy atom. The van der Waals surface area contributed by atoms with E-state index in [1.807, 2.05) is 0 Å². The molecular formula is C10H14N2O4S. The molecule has 0 aliphatic heterocycles. The topological polar surface area (TPSA) is 77.5 Å². The number of esters is 2. The molecule has 0 saturated heterocycles. The highest BCUT2D eigenvalue weighted by Gasteiger charge is 2.19. The summed E-state index contributed by atoms with van der Waals surface area (Å²) in [5, 5.41) is 3.34. The first-order chi connectivity index (χ1) is 7.99. The predicted octanol–water partition coefficient (Wildman–Crippen LogP) is 1.21. The van der Waals surface area contributed by atoms with E-state index in [1.54, 1.807) is 13.8 Å². The van der Waals surface area contributed by atoms with E-state index in [-0.39, 0.29) is 0 Å². The Kier molecular flexibility index (Phi) is 4.45. The molecule has 17 heavy (non-hydrogen) atoms. The zero-order valence-corrected chi connectivity index (χ0v) is 10.9. The van der Waals surface area contributed by atoms with Crippen LogP contribution in [-0.2, 0) is 14.3 Å². The lowest BCUT2D eigenvalue weighted by atomic mass is 10.3. The van der Waals surface area contributed by atoms with Crippen molar-refractivity contribution in [1.29, 1.82) is 0 Å². The van der Waals surface area contributed by atoms with Crippen LogP contribution < -0.4 is 5.32 Å². The molecule has 1 aromatic heterocycles. The highest BCUT2D eigenvalue weighted by atomic mass is 32.1. The van der Waals surface area contributed by atoms with Crippen LogP contribution in [0, 0.1) is 6.92 Å². The number of methoxy groups -OCH3 is 2. The van der Waals surface area contributed by atoms with Gasteiger partial charge < -0.3 is 14.8 Å². The Hall–Kier alpha value is -1.63. The van der Waals surface area contributed by atoms with Crippen molar-refractivity contribution in [2.45, 2.75) is 19.9 Å². The first-order valence-electron chi connectivity index (χ1n) is 4.89. The van der Waals surface area contributed by atoms with Gasteiger partial charge in [0.2, 0.25) is 0 Å². The standard InChI is InChI=1S/C10H14N2O4S/c1-5-7(9(14)16-4)17-10(11-5)12-6(2)8(13)15-3/h6H,1-4H3,(H,11,12).